The number of carbonyl (C=O) groups is 1. The van der Waals surface area contributed by atoms with Gasteiger partial charge in [0.25, 0.3) is 0 Å². The summed E-state index contributed by atoms with van der Waals surface area (Å²) in [5.41, 5.74) is 1.60. The number of methoxy groups -OCH3 is 1. The number of Topliss-reactive ketones (excluding diaryl/α,β-unsaturated/α-hetero) is 1. The third-order valence-electron chi connectivity index (χ3n) is 3.69. The summed E-state index contributed by atoms with van der Waals surface area (Å²) in [4.78, 5) is 13.5. The number of nitriles is 1. The number of ketones is 1. The van der Waals surface area contributed by atoms with Crippen LogP contribution in [0.15, 0.2) is 53.0 Å². The lowest BCUT2D eigenvalue weighted by Gasteiger charge is -2.00. The third kappa shape index (κ3) is 4.65. The molecule has 0 atom stereocenters. The van der Waals surface area contributed by atoms with Gasteiger partial charge in [-0.3, -0.25) is 4.79 Å². The molecule has 0 saturated carbocycles. The van der Waals surface area contributed by atoms with Gasteiger partial charge < -0.3 is 4.74 Å². The highest BCUT2D eigenvalue weighted by atomic mass is 79.9. The van der Waals surface area contributed by atoms with Crippen LogP contribution in [-0.2, 0) is 6.54 Å². The van der Waals surface area contributed by atoms with Gasteiger partial charge >= 0.3 is 0 Å². The van der Waals surface area contributed by atoms with Crippen LogP contribution in [0.1, 0.15) is 21.7 Å². The van der Waals surface area contributed by atoms with Crippen molar-refractivity contribution in [3.8, 4) is 11.8 Å². The minimum atomic E-state index is -0.149. The molecule has 3 aromatic rings. The van der Waals surface area contributed by atoms with Crippen LogP contribution in [0.2, 0.25) is 0 Å². The lowest BCUT2D eigenvalue weighted by Crippen LogP contribution is -2.13. The molecule has 0 unspecified atom stereocenters. The van der Waals surface area contributed by atoms with E-state index in [0.717, 1.165) is 15.8 Å². The van der Waals surface area contributed by atoms with Crippen molar-refractivity contribution >= 4 is 33.4 Å². The van der Waals surface area contributed by atoms with Crippen LogP contribution in [0.4, 0.5) is 0 Å². The monoisotopic (exact) mass is 423 g/mol. The number of halogens is 1. The average Bonchev–Trinajstić information content (AvgIpc) is 3.15. The minimum Gasteiger partial charge on any atom is -0.497 e. The summed E-state index contributed by atoms with van der Waals surface area (Å²) in [7, 11) is 1.59. The molecule has 0 aliphatic rings. The first kappa shape index (κ1) is 18.5. The highest BCUT2D eigenvalue weighted by Crippen LogP contribution is 2.17. The summed E-state index contributed by atoms with van der Waals surface area (Å²) in [6, 6.07) is 16.3. The molecule has 0 radical (unpaired) electrons. The number of ether oxygens (including phenoxy) is 1. The summed E-state index contributed by atoms with van der Waals surface area (Å²) in [5, 5.41) is 21.3. The third-order valence-corrected chi connectivity index (χ3v) is 4.22. The van der Waals surface area contributed by atoms with Gasteiger partial charge in [0.05, 0.1) is 7.11 Å². The molecule has 0 spiro atoms. The summed E-state index contributed by atoms with van der Waals surface area (Å²) in [6.07, 6.45) is 1.65. The van der Waals surface area contributed by atoms with Gasteiger partial charge in [0.1, 0.15) is 23.9 Å². The van der Waals surface area contributed by atoms with Gasteiger partial charge in [-0.25, -0.2) is 0 Å². The second-order valence-electron chi connectivity index (χ2n) is 5.52. The van der Waals surface area contributed by atoms with E-state index in [-0.39, 0.29) is 23.7 Å². The molecule has 2 aromatic carbocycles. The number of aromatic nitrogens is 4. The molecular weight excluding hydrogens is 410 g/mol. The fraction of sp³-hybridized carbons (Fsp3) is 0.105. The SMILES string of the molecule is COc1ccc(/C=C(\C#N)c2nnn(CC(=O)c3ccc(Br)cc3)n2)cc1. The molecule has 0 fully saturated rings. The Morgan fingerprint density at radius 1 is 1.22 bits per heavy atom. The molecular formula is C19H14BrN5O2. The van der Waals surface area contributed by atoms with Crippen LogP contribution in [0, 0.1) is 11.3 Å². The molecule has 0 aliphatic heterocycles. The number of rotatable bonds is 6. The lowest BCUT2D eigenvalue weighted by molar-refractivity contribution is 0.0961. The molecule has 8 heteroatoms. The largest absolute Gasteiger partial charge is 0.497 e. The topological polar surface area (TPSA) is 93.7 Å². The Morgan fingerprint density at radius 3 is 2.56 bits per heavy atom. The highest BCUT2D eigenvalue weighted by Gasteiger charge is 2.13. The Hall–Kier alpha value is -3.31. The second-order valence-corrected chi connectivity index (χ2v) is 6.43. The number of carbonyl (C=O) groups excluding carboxylic acids is 1. The van der Waals surface area contributed by atoms with Gasteiger partial charge in [0, 0.05) is 10.0 Å². The molecule has 1 aromatic heterocycles. The Morgan fingerprint density at radius 2 is 1.93 bits per heavy atom. The highest BCUT2D eigenvalue weighted by molar-refractivity contribution is 9.10. The van der Waals surface area contributed by atoms with Gasteiger partial charge in [-0.2, -0.15) is 10.1 Å². The van der Waals surface area contributed by atoms with E-state index in [1.54, 1.807) is 49.6 Å². The van der Waals surface area contributed by atoms with Gasteiger partial charge in [-0.05, 0) is 41.1 Å². The Kier molecular flexibility index (Phi) is 5.74. The molecule has 0 amide bonds. The van der Waals surface area contributed by atoms with E-state index >= 15 is 0 Å². The Balaban J connectivity index is 1.76. The second kappa shape index (κ2) is 8.38. The number of tetrazole rings is 1. The standard InChI is InChI=1S/C19H14BrN5O2/c1-27-17-8-2-13(3-9-17)10-15(11-21)19-22-24-25(23-19)12-18(26)14-4-6-16(20)7-5-14/h2-10H,12H2,1H3/b15-10+. The molecule has 0 saturated heterocycles. The van der Waals surface area contributed by atoms with Crippen molar-refractivity contribution in [1.82, 2.24) is 20.2 Å². The maximum Gasteiger partial charge on any atom is 0.215 e. The summed E-state index contributed by atoms with van der Waals surface area (Å²) >= 11 is 3.33. The van der Waals surface area contributed by atoms with Crippen molar-refractivity contribution in [2.24, 2.45) is 0 Å². The first-order valence-electron chi connectivity index (χ1n) is 7.92. The number of allylic oxidation sites excluding steroid dienone is 1. The number of nitrogens with zero attached hydrogens (tertiary/aromatic N) is 5. The minimum absolute atomic E-state index is 0.0596. The van der Waals surface area contributed by atoms with Crippen molar-refractivity contribution in [2.75, 3.05) is 7.11 Å². The Bertz CT molecular complexity index is 1020. The van der Waals surface area contributed by atoms with E-state index < -0.39 is 0 Å². The molecule has 3 rings (SSSR count). The zero-order chi connectivity index (χ0) is 19.2. The predicted molar refractivity (Wildman–Crippen MR) is 103 cm³/mol. The molecule has 27 heavy (non-hydrogen) atoms. The van der Waals surface area contributed by atoms with E-state index in [2.05, 4.69) is 37.4 Å². The summed E-state index contributed by atoms with van der Waals surface area (Å²) < 4.78 is 6.00. The van der Waals surface area contributed by atoms with Crippen LogP contribution in [-0.4, -0.2) is 33.1 Å². The van der Waals surface area contributed by atoms with Gasteiger partial charge in [-0.1, -0.05) is 40.2 Å². The number of hydrogen-bond donors (Lipinski definition) is 0. The fourth-order valence-electron chi connectivity index (χ4n) is 2.29. The van der Waals surface area contributed by atoms with E-state index in [9.17, 15) is 10.1 Å². The van der Waals surface area contributed by atoms with Crippen LogP contribution >= 0.6 is 15.9 Å². The molecule has 0 N–H and O–H groups in total. The quantitative estimate of drug-likeness (QED) is 0.445. The van der Waals surface area contributed by atoms with Crippen LogP contribution in [0.5, 0.6) is 5.75 Å². The maximum atomic E-state index is 12.3. The zero-order valence-electron chi connectivity index (χ0n) is 14.3. The first-order valence-corrected chi connectivity index (χ1v) is 8.71. The van der Waals surface area contributed by atoms with Crippen molar-refractivity contribution in [2.45, 2.75) is 6.54 Å². The molecule has 7 nitrogen and oxygen atoms in total. The summed E-state index contributed by atoms with van der Waals surface area (Å²) in [5.74, 6) is 0.738. The van der Waals surface area contributed by atoms with Gasteiger partial charge in [0.2, 0.25) is 5.82 Å². The van der Waals surface area contributed by atoms with E-state index in [1.165, 1.54) is 4.80 Å². The van der Waals surface area contributed by atoms with Crippen molar-refractivity contribution < 1.29 is 9.53 Å². The van der Waals surface area contributed by atoms with Crippen LogP contribution in [0.25, 0.3) is 11.6 Å². The van der Waals surface area contributed by atoms with Gasteiger partial charge in [0.15, 0.2) is 5.78 Å². The molecule has 1 heterocycles. The van der Waals surface area contributed by atoms with Crippen molar-refractivity contribution in [3.63, 3.8) is 0 Å². The summed E-state index contributed by atoms with van der Waals surface area (Å²) in [6.45, 7) is -0.0596. The average molecular weight is 424 g/mol. The van der Waals surface area contributed by atoms with Crippen molar-refractivity contribution in [3.05, 3.63) is 70.0 Å². The van der Waals surface area contributed by atoms with Crippen LogP contribution < -0.4 is 4.74 Å². The smallest absolute Gasteiger partial charge is 0.215 e. The zero-order valence-corrected chi connectivity index (χ0v) is 15.9. The lowest BCUT2D eigenvalue weighted by atomic mass is 10.1. The predicted octanol–water partition coefficient (Wildman–Crippen LogP) is 3.39. The first-order chi connectivity index (χ1) is 13.1. The van der Waals surface area contributed by atoms with E-state index in [1.807, 2.05) is 12.1 Å². The molecule has 0 aliphatic carbocycles. The Labute approximate surface area is 164 Å². The van der Waals surface area contributed by atoms with Crippen molar-refractivity contribution in [1.29, 1.82) is 5.26 Å². The number of benzene rings is 2. The number of hydrogen-bond acceptors (Lipinski definition) is 6. The fourth-order valence-corrected chi connectivity index (χ4v) is 2.55. The molecule has 134 valence electrons. The van der Waals surface area contributed by atoms with Gasteiger partial charge in [-0.15, -0.1) is 10.2 Å². The van der Waals surface area contributed by atoms with Crippen LogP contribution in [0.3, 0.4) is 0 Å². The maximum absolute atomic E-state index is 12.3. The van der Waals surface area contributed by atoms with E-state index in [4.69, 9.17) is 4.74 Å². The normalized spacial score (nSPS) is 11.1. The molecule has 0 bridgehead atoms. The van der Waals surface area contributed by atoms with E-state index in [0.29, 0.717) is 5.56 Å².